The summed E-state index contributed by atoms with van der Waals surface area (Å²) in [5.74, 6) is 0.637. The topological polar surface area (TPSA) is 84.3 Å². The highest BCUT2D eigenvalue weighted by Crippen LogP contribution is 2.22. The van der Waals surface area contributed by atoms with Crippen LogP contribution in [0.3, 0.4) is 0 Å². The van der Waals surface area contributed by atoms with Gasteiger partial charge in [-0.1, -0.05) is 6.07 Å². The molecular weight excluding hydrogens is 218 g/mol. The van der Waals surface area contributed by atoms with Crippen molar-refractivity contribution in [2.75, 3.05) is 13.6 Å². The molecule has 2 aromatic rings. The summed E-state index contributed by atoms with van der Waals surface area (Å²) < 4.78 is 5.40. The van der Waals surface area contributed by atoms with Crippen molar-refractivity contribution in [1.29, 1.82) is 0 Å². The predicted octanol–water partition coefficient (Wildman–Crippen LogP) is 0.716. The van der Waals surface area contributed by atoms with E-state index < -0.39 is 6.10 Å². The van der Waals surface area contributed by atoms with Crippen molar-refractivity contribution in [3.8, 4) is 0 Å². The minimum atomic E-state index is -0.620. The van der Waals surface area contributed by atoms with Gasteiger partial charge in [0.25, 0.3) is 0 Å². The average molecular weight is 235 g/mol. The van der Waals surface area contributed by atoms with E-state index in [9.17, 15) is 5.11 Å². The Balaban J connectivity index is 2.40. The predicted molar refractivity (Wildman–Crippen MR) is 65.6 cm³/mol. The maximum atomic E-state index is 9.82. The summed E-state index contributed by atoms with van der Waals surface area (Å²) in [6.07, 6.45) is -0.620. The van der Waals surface area contributed by atoms with Crippen molar-refractivity contribution in [3.63, 3.8) is 0 Å². The molecule has 2 atom stereocenters. The number of aromatic nitrogens is 1. The second-order valence-electron chi connectivity index (χ2n) is 4.03. The molecule has 0 aliphatic carbocycles. The van der Waals surface area contributed by atoms with Crippen molar-refractivity contribution >= 4 is 11.1 Å². The molecule has 0 fully saturated rings. The molecule has 1 heterocycles. The summed E-state index contributed by atoms with van der Waals surface area (Å²) >= 11 is 0. The van der Waals surface area contributed by atoms with Crippen molar-refractivity contribution in [3.05, 3.63) is 29.7 Å². The standard InChI is InChI=1S/C12H17N3O2/c1-7-15-9-5-8(3-4-11(9)17-7)12(14-2)10(16)6-13/h3-5,10,12,14,16H,6,13H2,1-2H3. The number of nitrogens with two attached hydrogens (primary N) is 1. The third-order valence-corrected chi connectivity index (χ3v) is 2.81. The van der Waals surface area contributed by atoms with Crippen LogP contribution in [0.15, 0.2) is 22.6 Å². The highest BCUT2D eigenvalue weighted by Gasteiger charge is 2.18. The first-order chi connectivity index (χ1) is 8.15. The Hall–Kier alpha value is -1.43. The molecule has 0 spiro atoms. The summed E-state index contributed by atoms with van der Waals surface area (Å²) in [6, 6.07) is 5.48. The van der Waals surface area contributed by atoms with Crippen LogP contribution < -0.4 is 11.1 Å². The van der Waals surface area contributed by atoms with Crippen LogP contribution in [0.1, 0.15) is 17.5 Å². The molecule has 92 valence electrons. The Morgan fingerprint density at radius 2 is 2.29 bits per heavy atom. The van der Waals surface area contributed by atoms with E-state index in [4.69, 9.17) is 10.2 Å². The lowest BCUT2D eigenvalue weighted by Gasteiger charge is -2.21. The van der Waals surface area contributed by atoms with Gasteiger partial charge < -0.3 is 20.6 Å². The van der Waals surface area contributed by atoms with Gasteiger partial charge in [0.1, 0.15) is 5.52 Å². The van der Waals surface area contributed by atoms with E-state index >= 15 is 0 Å². The van der Waals surface area contributed by atoms with Crippen molar-refractivity contribution in [2.24, 2.45) is 5.73 Å². The monoisotopic (exact) mass is 235 g/mol. The molecule has 0 aliphatic rings. The highest BCUT2D eigenvalue weighted by molar-refractivity contribution is 5.73. The Kier molecular flexibility index (Phi) is 3.42. The molecule has 1 aromatic carbocycles. The number of hydrogen-bond donors (Lipinski definition) is 3. The molecule has 5 nitrogen and oxygen atoms in total. The average Bonchev–Trinajstić information content (AvgIpc) is 2.69. The van der Waals surface area contributed by atoms with Crippen molar-refractivity contribution in [1.82, 2.24) is 10.3 Å². The van der Waals surface area contributed by atoms with E-state index in [2.05, 4.69) is 10.3 Å². The second-order valence-corrected chi connectivity index (χ2v) is 4.03. The third-order valence-electron chi connectivity index (χ3n) is 2.81. The zero-order valence-electron chi connectivity index (χ0n) is 9.97. The minimum Gasteiger partial charge on any atom is -0.441 e. The number of likely N-dealkylation sites (N-methyl/N-ethyl adjacent to an activating group) is 1. The number of fused-ring (bicyclic) bond motifs is 1. The Morgan fingerprint density at radius 1 is 1.53 bits per heavy atom. The zero-order valence-corrected chi connectivity index (χ0v) is 9.97. The molecular formula is C12H17N3O2. The summed E-state index contributed by atoms with van der Waals surface area (Å²) in [5, 5.41) is 12.9. The van der Waals surface area contributed by atoms with Gasteiger partial charge in [-0.25, -0.2) is 4.98 Å². The number of nitrogens with zero attached hydrogens (tertiary/aromatic N) is 1. The minimum absolute atomic E-state index is 0.193. The lowest BCUT2D eigenvalue weighted by Crippen LogP contribution is -2.34. The summed E-state index contributed by atoms with van der Waals surface area (Å²) in [4.78, 5) is 4.27. The maximum absolute atomic E-state index is 9.82. The summed E-state index contributed by atoms with van der Waals surface area (Å²) in [5.41, 5.74) is 7.98. The van der Waals surface area contributed by atoms with Crippen LogP contribution in [0, 0.1) is 6.92 Å². The fourth-order valence-electron chi connectivity index (χ4n) is 1.97. The smallest absolute Gasteiger partial charge is 0.192 e. The first-order valence-electron chi connectivity index (χ1n) is 5.58. The van der Waals surface area contributed by atoms with Crippen LogP contribution in [-0.4, -0.2) is 29.8 Å². The molecule has 2 unspecified atom stereocenters. The van der Waals surface area contributed by atoms with E-state index in [1.165, 1.54) is 0 Å². The number of nitrogens with one attached hydrogen (secondary N) is 1. The fraction of sp³-hybridized carbons (Fsp3) is 0.417. The number of oxazole rings is 1. The van der Waals surface area contributed by atoms with Crippen molar-refractivity contribution < 1.29 is 9.52 Å². The quantitative estimate of drug-likeness (QED) is 0.727. The van der Waals surface area contributed by atoms with Crippen LogP contribution in [0.25, 0.3) is 11.1 Å². The van der Waals surface area contributed by atoms with E-state index in [-0.39, 0.29) is 12.6 Å². The molecule has 17 heavy (non-hydrogen) atoms. The Morgan fingerprint density at radius 3 is 2.94 bits per heavy atom. The molecule has 1 aromatic heterocycles. The Bertz CT molecular complexity index is 509. The van der Waals surface area contributed by atoms with Gasteiger partial charge in [0.05, 0.1) is 12.1 Å². The van der Waals surface area contributed by atoms with Gasteiger partial charge in [0, 0.05) is 13.5 Å². The van der Waals surface area contributed by atoms with Crippen LogP contribution in [0.2, 0.25) is 0 Å². The van der Waals surface area contributed by atoms with E-state index in [1.54, 1.807) is 7.05 Å². The molecule has 0 saturated heterocycles. The number of rotatable bonds is 4. The normalized spacial score (nSPS) is 15.1. The molecule has 0 aliphatic heterocycles. The maximum Gasteiger partial charge on any atom is 0.192 e. The van der Waals surface area contributed by atoms with Gasteiger partial charge in [0.15, 0.2) is 11.5 Å². The fourth-order valence-corrected chi connectivity index (χ4v) is 1.97. The second kappa shape index (κ2) is 4.83. The highest BCUT2D eigenvalue weighted by atomic mass is 16.3. The summed E-state index contributed by atoms with van der Waals surface area (Å²) in [7, 11) is 1.79. The third kappa shape index (κ3) is 2.31. The molecule has 0 bridgehead atoms. The van der Waals surface area contributed by atoms with Crippen LogP contribution in [0.5, 0.6) is 0 Å². The zero-order chi connectivity index (χ0) is 12.4. The van der Waals surface area contributed by atoms with Gasteiger partial charge in [-0.05, 0) is 24.7 Å². The van der Waals surface area contributed by atoms with Gasteiger partial charge in [-0.3, -0.25) is 0 Å². The SMILES string of the molecule is CNC(c1ccc2oc(C)nc2c1)C(O)CN. The molecule has 2 rings (SSSR count). The first-order valence-corrected chi connectivity index (χ1v) is 5.58. The number of benzene rings is 1. The van der Waals surface area contributed by atoms with Gasteiger partial charge in [-0.2, -0.15) is 0 Å². The molecule has 0 amide bonds. The van der Waals surface area contributed by atoms with Gasteiger partial charge >= 0.3 is 0 Å². The van der Waals surface area contributed by atoms with Gasteiger partial charge in [-0.15, -0.1) is 0 Å². The molecule has 5 heteroatoms. The first kappa shape index (κ1) is 12.0. The van der Waals surface area contributed by atoms with Gasteiger partial charge in [0.2, 0.25) is 0 Å². The van der Waals surface area contributed by atoms with Crippen molar-refractivity contribution in [2.45, 2.75) is 19.1 Å². The van der Waals surface area contributed by atoms with Crippen LogP contribution in [-0.2, 0) is 0 Å². The number of hydrogen-bond acceptors (Lipinski definition) is 5. The Labute approximate surface area is 99.6 Å². The van der Waals surface area contributed by atoms with E-state index in [0.717, 1.165) is 16.7 Å². The number of aryl methyl sites for hydroxylation is 1. The largest absolute Gasteiger partial charge is 0.441 e. The van der Waals surface area contributed by atoms with Crippen LogP contribution in [0.4, 0.5) is 0 Å². The summed E-state index contributed by atoms with van der Waals surface area (Å²) in [6.45, 7) is 2.02. The molecule has 0 saturated carbocycles. The number of aliphatic hydroxyl groups is 1. The van der Waals surface area contributed by atoms with E-state index in [0.29, 0.717) is 5.89 Å². The molecule has 0 radical (unpaired) electrons. The lowest BCUT2D eigenvalue weighted by molar-refractivity contribution is 0.139. The van der Waals surface area contributed by atoms with Crippen LogP contribution >= 0.6 is 0 Å². The number of aliphatic hydroxyl groups excluding tert-OH is 1. The molecule has 4 N–H and O–H groups in total. The van der Waals surface area contributed by atoms with E-state index in [1.807, 2.05) is 25.1 Å². The lowest BCUT2D eigenvalue weighted by atomic mass is 10.0.